The second kappa shape index (κ2) is 4.74. The van der Waals surface area contributed by atoms with Crippen molar-refractivity contribution in [3.05, 3.63) is 39.0 Å². The molecule has 0 spiro atoms. The van der Waals surface area contributed by atoms with Crippen LogP contribution in [0.5, 0.6) is 0 Å². The van der Waals surface area contributed by atoms with Crippen molar-refractivity contribution in [3.63, 3.8) is 0 Å². The van der Waals surface area contributed by atoms with E-state index in [1.165, 1.54) is 0 Å². The van der Waals surface area contributed by atoms with E-state index in [0.29, 0.717) is 34.5 Å². The van der Waals surface area contributed by atoms with Crippen molar-refractivity contribution in [2.45, 2.75) is 0 Å². The molecule has 18 heavy (non-hydrogen) atoms. The smallest absolute Gasteiger partial charge is 0.214 e. The van der Waals surface area contributed by atoms with Crippen molar-refractivity contribution in [3.8, 4) is 0 Å². The lowest BCUT2D eigenvalue weighted by Gasteiger charge is -2.27. The molecule has 94 valence electrons. The van der Waals surface area contributed by atoms with Crippen LogP contribution in [0.3, 0.4) is 0 Å². The largest absolute Gasteiger partial charge is 0.439 e. The summed E-state index contributed by atoms with van der Waals surface area (Å²) in [4.78, 5) is 14.3. The molecule has 1 aromatic heterocycles. The lowest BCUT2D eigenvalue weighted by atomic mass is 10.2. The summed E-state index contributed by atoms with van der Waals surface area (Å²) in [7, 11) is 0. The van der Waals surface area contributed by atoms with Gasteiger partial charge in [-0.3, -0.25) is 4.79 Å². The molecule has 0 bridgehead atoms. The van der Waals surface area contributed by atoms with Crippen molar-refractivity contribution in [2.75, 3.05) is 31.2 Å². The van der Waals surface area contributed by atoms with Gasteiger partial charge in [-0.15, -0.1) is 0 Å². The molecule has 1 saturated heterocycles. The van der Waals surface area contributed by atoms with Gasteiger partial charge in [-0.05, 0) is 28.1 Å². The number of halogens is 1. The number of rotatable bonds is 1. The van der Waals surface area contributed by atoms with Gasteiger partial charge in [0.15, 0.2) is 0 Å². The van der Waals surface area contributed by atoms with E-state index in [0.717, 1.165) is 13.1 Å². The fraction of sp³-hybridized carbons (Fsp3) is 0.308. The average molecular weight is 310 g/mol. The first kappa shape index (κ1) is 11.7. The van der Waals surface area contributed by atoms with Crippen LogP contribution in [-0.4, -0.2) is 26.3 Å². The second-order valence-electron chi connectivity index (χ2n) is 4.15. The van der Waals surface area contributed by atoms with E-state index in [1.807, 2.05) is 23.1 Å². The zero-order valence-electron chi connectivity index (χ0n) is 9.69. The van der Waals surface area contributed by atoms with Gasteiger partial charge in [0.1, 0.15) is 10.1 Å². The molecule has 1 aliphatic heterocycles. The van der Waals surface area contributed by atoms with Crippen LogP contribution in [0.4, 0.5) is 5.88 Å². The number of hydrogen-bond donors (Lipinski definition) is 0. The van der Waals surface area contributed by atoms with Crippen LogP contribution in [0.2, 0.25) is 0 Å². The quantitative estimate of drug-likeness (QED) is 0.811. The van der Waals surface area contributed by atoms with E-state index in [9.17, 15) is 4.79 Å². The maximum absolute atomic E-state index is 12.2. The van der Waals surface area contributed by atoms with Gasteiger partial charge in [-0.2, -0.15) is 0 Å². The molecule has 0 unspecified atom stereocenters. The summed E-state index contributed by atoms with van der Waals surface area (Å²) in [5.41, 5.74) is 0.588. The van der Waals surface area contributed by atoms with Gasteiger partial charge in [0.2, 0.25) is 11.3 Å². The summed E-state index contributed by atoms with van der Waals surface area (Å²) >= 11 is 3.35. The number of anilines is 1. The fourth-order valence-corrected chi connectivity index (χ4v) is 2.62. The molecular weight excluding hydrogens is 298 g/mol. The molecule has 3 rings (SSSR count). The van der Waals surface area contributed by atoms with Gasteiger partial charge in [-0.25, -0.2) is 0 Å². The Morgan fingerprint density at radius 3 is 2.67 bits per heavy atom. The Bertz CT molecular complexity index is 632. The predicted molar refractivity (Wildman–Crippen MR) is 73.2 cm³/mol. The maximum atomic E-state index is 12.2. The number of para-hydroxylation sites is 1. The molecule has 5 heteroatoms. The van der Waals surface area contributed by atoms with Crippen molar-refractivity contribution < 1.29 is 9.15 Å². The Balaban J connectivity index is 2.17. The molecule has 0 saturated carbocycles. The van der Waals surface area contributed by atoms with Gasteiger partial charge in [0.25, 0.3) is 0 Å². The summed E-state index contributed by atoms with van der Waals surface area (Å²) in [6.45, 7) is 2.78. The first-order chi connectivity index (χ1) is 8.77. The first-order valence-electron chi connectivity index (χ1n) is 5.81. The average Bonchev–Trinajstić information content (AvgIpc) is 2.44. The number of morpholine rings is 1. The zero-order chi connectivity index (χ0) is 12.5. The topological polar surface area (TPSA) is 42.7 Å². The standard InChI is InChI=1S/C13H12BrNO3/c14-11-12(16)9-3-1-2-4-10(9)18-13(11)15-5-7-17-8-6-15/h1-4H,5-8H2. The SMILES string of the molecule is O=c1c(Br)c(N2CCOCC2)oc2ccccc12. The van der Waals surface area contributed by atoms with Crippen molar-refractivity contribution in [1.29, 1.82) is 0 Å². The Hall–Kier alpha value is -1.33. The zero-order valence-corrected chi connectivity index (χ0v) is 11.3. The third-order valence-corrected chi connectivity index (χ3v) is 3.72. The Kier molecular flexibility index (Phi) is 3.09. The minimum absolute atomic E-state index is 0.0293. The van der Waals surface area contributed by atoms with E-state index in [1.54, 1.807) is 6.07 Å². The van der Waals surface area contributed by atoms with Gasteiger partial charge in [0, 0.05) is 13.1 Å². The summed E-state index contributed by atoms with van der Waals surface area (Å²) in [5.74, 6) is 0.599. The van der Waals surface area contributed by atoms with Gasteiger partial charge in [-0.1, -0.05) is 12.1 Å². The number of nitrogens with zero attached hydrogens (tertiary/aromatic N) is 1. The Morgan fingerprint density at radius 2 is 1.89 bits per heavy atom. The molecule has 0 aliphatic carbocycles. The van der Waals surface area contributed by atoms with Crippen LogP contribution >= 0.6 is 15.9 Å². The van der Waals surface area contributed by atoms with Crippen molar-refractivity contribution in [2.24, 2.45) is 0 Å². The molecule has 0 amide bonds. The highest BCUT2D eigenvalue weighted by Gasteiger charge is 2.19. The van der Waals surface area contributed by atoms with Crippen molar-refractivity contribution in [1.82, 2.24) is 0 Å². The molecule has 0 atom stereocenters. The summed E-state index contributed by atoms with van der Waals surface area (Å²) in [6, 6.07) is 7.28. The van der Waals surface area contributed by atoms with Gasteiger partial charge < -0.3 is 14.1 Å². The fourth-order valence-electron chi connectivity index (χ4n) is 2.08. The lowest BCUT2D eigenvalue weighted by Crippen LogP contribution is -2.37. The van der Waals surface area contributed by atoms with Gasteiger partial charge in [0.05, 0.1) is 18.6 Å². The van der Waals surface area contributed by atoms with Crippen LogP contribution in [0.25, 0.3) is 11.0 Å². The Morgan fingerprint density at radius 1 is 1.17 bits per heavy atom. The monoisotopic (exact) mass is 309 g/mol. The highest BCUT2D eigenvalue weighted by Crippen LogP contribution is 2.27. The summed E-state index contributed by atoms with van der Waals surface area (Å²) in [6.07, 6.45) is 0. The highest BCUT2D eigenvalue weighted by molar-refractivity contribution is 9.10. The normalized spacial score (nSPS) is 16.2. The van der Waals surface area contributed by atoms with Crippen LogP contribution in [0.1, 0.15) is 0 Å². The molecule has 4 nitrogen and oxygen atoms in total. The molecule has 0 N–H and O–H groups in total. The molecule has 1 fully saturated rings. The van der Waals surface area contributed by atoms with E-state index >= 15 is 0 Å². The van der Waals surface area contributed by atoms with Crippen molar-refractivity contribution >= 4 is 32.8 Å². The minimum Gasteiger partial charge on any atom is -0.439 e. The number of hydrogen-bond acceptors (Lipinski definition) is 4. The van der Waals surface area contributed by atoms with Crippen LogP contribution in [-0.2, 0) is 4.74 Å². The van der Waals surface area contributed by atoms with E-state index < -0.39 is 0 Å². The molecular formula is C13H12BrNO3. The van der Waals surface area contributed by atoms with Crippen LogP contribution < -0.4 is 10.3 Å². The molecule has 2 aromatic rings. The van der Waals surface area contributed by atoms with Crippen LogP contribution in [0.15, 0.2) is 37.9 Å². The maximum Gasteiger partial charge on any atom is 0.214 e. The number of benzene rings is 1. The number of ether oxygens (including phenoxy) is 1. The highest BCUT2D eigenvalue weighted by atomic mass is 79.9. The van der Waals surface area contributed by atoms with Gasteiger partial charge >= 0.3 is 0 Å². The molecule has 0 radical (unpaired) electrons. The molecule has 1 aliphatic rings. The van der Waals surface area contributed by atoms with E-state index in [-0.39, 0.29) is 5.43 Å². The first-order valence-corrected chi connectivity index (χ1v) is 6.61. The third kappa shape index (κ3) is 1.93. The third-order valence-electron chi connectivity index (χ3n) is 3.02. The molecule has 1 aromatic carbocycles. The minimum atomic E-state index is -0.0293. The number of fused-ring (bicyclic) bond motifs is 1. The summed E-state index contributed by atoms with van der Waals surface area (Å²) < 4.78 is 11.6. The lowest BCUT2D eigenvalue weighted by molar-refractivity contribution is 0.120. The summed E-state index contributed by atoms with van der Waals surface area (Å²) in [5, 5.41) is 0.599. The second-order valence-corrected chi connectivity index (χ2v) is 4.94. The van der Waals surface area contributed by atoms with E-state index in [4.69, 9.17) is 9.15 Å². The predicted octanol–water partition coefficient (Wildman–Crippen LogP) is 2.39. The van der Waals surface area contributed by atoms with Crippen LogP contribution in [0, 0.1) is 0 Å². The Labute approximate surface area is 112 Å². The van der Waals surface area contributed by atoms with E-state index in [2.05, 4.69) is 15.9 Å². The molecule has 2 heterocycles.